The summed E-state index contributed by atoms with van der Waals surface area (Å²) in [6, 6.07) is 4.73. The highest BCUT2D eigenvalue weighted by molar-refractivity contribution is 6.23. The van der Waals surface area contributed by atoms with Crippen LogP contribution in [0, 0.1) is 0 Å². The Hall–Kier alpha value is -2.62. The van der Waals surface area contributed by atoms with Crippen molar-refractivity contribution >= 4 is 23.6 Å². The maximum atomic E-state index is 13.0. The number of hydrogen-bond donors (Lipinski definition) is 3. The number of likely N-dealkylation sites (N-methyl/N-ethyl adjacent to an activating group) is 1. The number of rotatable bonds is 4. The first-order chi connectivity index (χ1) is 15.4. The molecule has 0 saturated carbocycles. The molecule has 4 heterocycles. The molecular weight excluding hydrogens is 410 g/mol. The van der Waals surface area contributed by atoms with Crippen molar-refractivity contribution in [2.75, 3.05) is 26.7 Å². The highest BCUT2D eigenvalue weighted by Crippen LogP contribution is 2.34. The van der Waals surface area contributed by atoms with Crippen LogP contribution < -0.4 is 16.0 Å². The van der Waals surface area contributed by atoms with E-state index in [1.807, 2.05) is 6.07 Å². The second-order valence-corrected chi connectivity index (χ2v) is 9.35. The quantitative estimate of drug-likeness (QED) is 0.567. The molecule has 0 radical (unpaired) electrons. The number of hydrogen-bond acceptors (Lipinski definition) is 7. The lowest BCUT2D eigenvalue weighted by molar-refractivity contribution is -0.136. The van der Waals surface area contributed by atoms with Crippen molar-refractivity contribution in [1.29, 1.82) is 0 Å². The first kappa shape index (κ1) is 21.2. The first-order valence-electron chi connectivity index (χ1n) is 11.4. The zero-order chi connectivity index (χ0) is 22.5. The summed E-state index contributed by atoms with van der Waals surface area (Å²) in [7, 11) is 2.19. The number of amides is 4. The molecule has 0 aromatic heterocycles. The number of fused-ring (bicyclic) bond motifs is 1. The lowest BCUT2D eigenvalue weighted by Gasteiger charge is -2.44. The predicted octanol–water partition coefficient (Wildman–Crippen LogP) is 0.00370. The van der Waals surface area contributed by atoms with Crippen molar-refractivity contribution in [3.05, 3.63) is 34.9 Å². The molecule has 3 fully saturated rings. The average Bonchev–Trinajstić information content (AvgIpc) is 3.21. The van der Waals surface area contributed by atoms with Gasteiger partial charge in [-0.15, -0.1) is 0 Å². The van der Waals surface area contributed by atoms with Crippen LogP contribution in [0.15, 0.2) is 18.2 Å². The van der Waals surface area contributed by atoms with E-state index in [1.165, 1.54) is 0 Å². The van der Waals surface area contributed by atoms with Gasteiger partial charge < -0.3 is 10.6 Å². The summed E-state index contributed by atoms with van der Waals surface area (Å²) in [6.45, 7) is 3.69. The number of carbonyl (C=O) groups excluding carboxylic acids is 4. The molecule has 4 amide bonds. The van der Waals surface area contributed by atoms with E-state index >= 15 is 0 Å². The lowest BCUT2D eigenvalue weighted by atomic mass is 9.83. The number of likely N-dealkylation sites (tertiary alicyclic amines) is 1. The molecule has 4 aliphatic heterocycles. The van der Waals surface area contributed by atoms with Gasteiger partial charge in [-0.3, -0.25) is 34.3 Å². The number of benzene rings is 1. The van der Waals surface area contributed by atoms with Gasteiger partial charge in [-0.1, -0.05) is 6.07 Å². The molecule has 1 spiro atoms. The van der Waals surface area contributed by atoms with Crippen LogP contribution in [-0.4, -0.2) is 77.7 Å². The minimum Gasteiger partial charge on any atom is -0.315 e. The van der Waals surface area contributed by atoms with Crippen LogP contribution in [0.2, 0.25) is 0 Å². The summed E-state index contributed by atoms with van der Waals surface area (Å²) in [5.41, 5.74) is 1.70. The third-order valence-electron chi connectivity index (χ3n) is 7.61. The summed E-state index contributed by atoms with van der Waals surface area (Å²) in [4.78, 5) is 53.0. The Labute approximate surface area is 186 Å². The van der Waals surface area contributed by atoms with Gasteiger partial charge in [-0.05, 0) is 57.0 Å². The van der Waals surface area contributed by atoms with E-state index in [4.69, 9.17) is 0 Å². The molecule has 5 rings (SSSR count). The standard InChI is InChI=1S/C23H29N5O4/c1-27-10-7-18(23(27)8-2-9-24-13-23)25-12-14-3-4-15-16(11-14)22(32)28(21(15)31)17-5-6-19(29)26-20(17)30/h3-4,11,17-18,24-25H,2,5-10,12-13H2,1H3,(H,26,29,30). The van der Waals surface area contributed by atoms with E-state index in [9.17, 15) is 19.2 Å². The van der Waals surface area contributed by atoms with Crippen molar-refractivity contribution < 1.29 is 19.2 Å². The van der Waals surface area contributed by atoms with Crippen molar-refractivity contribution in [1.82, 2.24) is 25.8 Å². The Morgan fingerprint density at radius 2 is 1.94 bits per heavy atom. The Morgan fingerprint density at radius 1 is 1.12 bits per heavy atom. The molecule has 0 aliphatic carbocycles. The third kappa shape index (κ3) is 3.35. The largest absolute Gasteiger partial charge is 0.315 e. The molecule has 4 aliphatic rings. The third-order valence-corrected chi connectivity index (χ3v) is 7.61. The predicted molar refractivity (Wildman–Crippen MR) is 116 cm³/mol. The van der Waals surface area contributed by atoms with E-state index in [2.05, 4.69) is 27.9 Å². The van der Waals surface area contributed by atoms with Gasteiger partial charge in [0, 0.05) is 37.6 Å². The van der Waals surface area contributed by atoms with Gasteiger partial charge in [0.15, 0.2) is 0 Å². The Balaban J connectivity index is 1.31. The van der Waals surface area contributed by atoms with Crippen LogP contribution in [0.1, 0.15) is 58.4 Å². The highest BCUT2D eigenvalue weighted by Gasteiger charge is 2.47. The Morgan fingerprint density at radius 3 is 2.69 bits per heavy atom. The minimum atomic E-state index is -0.936. The maximum Gasteiger partial charge on any atom is 0.262 e. The van der Waals surface area contributed by atoms with Crippen molar-refractivity contribution in [3.63, 3.8) is 0 Å². The molecule has 3 atom stereocenters. The minimum absolute atomic E-state index is 0.114. The van der Waals surface area contributed by atoms with Crippen LogP contribution >= 0.6 is 0 Å². The number of carbonyl (C=O) groups is 4. The summed E-state index contributed by atoms with van der Waals surface area (Å²) in [5, 5.41) is 9.47. The fourth-order valence-corrected chi connectivity index (χ4v) is 5.78. The zero-order valence-corrected chi connectivity index (χ0v) is 18.3. The summed E-state index contributed by atoms with van der Waals surface area (Å²) in [6.07, 6.45) is 3.67. The maximum absolute atomic E-state index is 13.0. The van der Waals surface area contributed by atoms with Gasteiger partial charge in [-0.25, -0.2) is 0 Å². The molecular formula is C23H29N5O4. The molecule has 0 bridgehead atoms. The van der Waals surface area contributed by atoms with Gasteiger partial charge in [0.25, 0.3) is 11.8 Å². The fourth-order valence-electron chi connectivity index (χ4n) is 5.78. The number of nitrogens with one attached hydrogen (secondary N) is 3. The zero-order valence-electron chi connectivity index (χ0n) is 18.3. The van der Waals surface area contributed by atoms with Crippen LogP contribution in [0.5, 0.6) is 0 Å². The molecule has 3 saturated heterocycles. The topological polar surface area (TPSA) is 111 Å². The smallest absolute Gasteiger partial charge is 0.262 e. The average molecular weight is 440 g/mol. The molecule has 9 nitrogen and oxygen atoms in total. The van der Waals surface area contributed by atoms with Gasteiger partial charge in [0.2, 0.25) is 11.8 Å². The van der Waals surface area contributed by atoms with Gasteiger partial charge in [0.05, 0.1) is 11.1 Å². The molecule has 1 aromatic rings. The second-order valence-electron chi connectivity index (χ2n) is 9.35. The van der Waals surface area contributed by atoms with E-state index in [1.54, 1.807) is 12.1 Å². The van der Waals surface area contributed by atoms with Gasteiger partial charge in [0.1, 0.15) is 6.04 Å². The number of nitrogens with zero attached hydrogens (tertiary/aromatic N) is 2. The molecule has 1 aromatic carbocycles. The van der Waals surface area contributed by atoms with E-state index in [0.717, 1.165) is 49.4 Å². The SMILES string of the molecule is CN1CCC(NCc2ccc3c(c2)C(=O)N(C2CCC(=O)NC2=O)C3=O)C12CCCNC2. The highest BCUT2D eigenvalue weighted by atomic mass is 16.2. The molecule has 170 valence electrons. The lowest BCUT2D eigenvalue weighted by Crippen LogP contribution is -2.61. The fraction of sp³-hybridized carbons (Fsp3) is 0.565. The molecule has 32 heavy (non-hydrogen) atoms. The van der Waals surface area contributed by atoms with E-state index in [0.29, 0.717) is 23.7 Å². The first-order valence-corrected chi connectivity index (χ1v) is 11.4. The number of piperidine rings is 2. The van der Waals surface area contributed by atoms with Crippen LogP contribution in [0.3, 0.4) is 0 Å². The molecule has 3 N–H and O–H groups in total. The van der Waals surface area contributed by atoms with Crippen molar-refractivity contribution in [2.24, 2.45) is 0 Å². The van der Waals surface area contributed by atoms with Crippen LogP contribution in [0.4, 0.5) is 0 Å². The van der Waals surface area contributed by atoms with Crippen LogP contribution in [0.25, 0.3) is 0 Å². The summed E-state index contributed by atoms with van der Waals surface area (Å²) in [5.74, 6) is -1.90. The molecule has 3 unspecified atom stereocenters. The van der Waals surface area contributed by atoms with Crippen molar-refractivity contribution in [3.8, 4) is 0 Å². The Kier molecular flexibility index (Phi) is 5.35. The van der Waals surface area contributed by atoms with Gasteiger partial charge >= 0.3 is 0 Å². The summed E-state index contributed by atoms with van der Waals surface area (Å²) >= 11 is 0. The monoisotopic (exact) mass is 439 g/mol. The second kappa shape index (κ2) is 8.06. The van der Waals surface area contributed by atoms with E-state index in [-0.39, 0.29) is 24.3 Å². The van der Waals surface area contributed by atoms with Crippen LogP contribution in [-0.2, 0) is 16.1 Å². The van der Waals surface area contributed by atoms with Crippen molar-refractivity contribution in [2.45, 2.75) is 56.3 Å². The molecule has 9 heteroatoms. The van der Waals surface area contributed by atoms with E-state index < -0.39 is 23.8 Å². The Bertz CT molecular complexity index is 987. The normalized spacial score (nSPS) is 30.8. The summed E-state index contributed by atoms with van der Waals surface area (Å²) < 4.78 is 0. The van der Waals surface area contributed by atoms with Gasteiger partial charge in [-0.2, -0.15) is 0 Å². The number of imide groups is 2.